The van der Waals surface area contributed by atoms with Crippen LogP contribution in [0.4, 0.5) is 0 Å². The van der Waals surface area contributed by atoms with Gasteiger partial charge in [0.25, 0.3) is 0 Å². The van der Waals surface area contributed by atoms with Gasteiger partial charge in [-0.05, 0) is 6.42 Å². The number of guanidine groups is 1. The predicted molar refractivity (Wildman–Crippen MR) is 74.7 cm³/mol. The summed E-state index contributed by atoms with van der Waals surface area (Å²) in [6, 6.07) is 0. The van der Waals surface area contributed by atoms with Gasteiger partial charge in [-0.1, -0.05) is 20.8 Å². The van der Waals surface area contributed by atoms with E-state index in [0.29, 0.717) is 5.92 Å². The normalized spacial score (nSPS) is 11.9. The fourth-order valence-electron chi connectivity index (χ4n) is 1.31. The third kappa shape index (κ3) is 4.73. The van der Waals surface area contributed by atoms with Gasteiger partial charge in [0.1, 0.15) is 0 Å². The molecule has 0 saturated carbocycles. The highest BCUT2D eigenvalue weighted by atomic mass is 32.1. The third-order valence-electron chi connectivity index (χ3n) is 2.27. The summed E-state index contributed by atoms with van der Waals surface area (Å²) in [6.07, 6.45) is 1.09. The highest BCUT2D eigenvalue weighted by molar-refractivity contribution is 7.09. The molecule has 1 rings (SSSR count). The van der Waals surface area contributed by atoms with Crippen LogP contribution in [0.3, 0.4) is 0 Å². The SMILES string of the molecule is CCCNC(=NC)NCc1csc(C(C)C)n1. The van der Waals surface area contributed by atoms with E-state index >= 15 is 0 Å². The summed E-state index contributed by atoms with van der Waals surface area (Å²) in [6.45, 7) is 8.13. The molecule has 0 atom stereocenters. The molecule has 0 bridgehead atoms. The fourth-order valence-corrected chi connectivity index (χ4v) is 2.14. The lowest BCUT2D eigenvalue weighted by Gasteiger charge is -2.09. The average Bonchev–Trinajstić information content (AvgIpc) is 2.78. The van der Waals surface area contributed by atoms with Crippen LogP contribution in [-0.2, 0) is 6.54 Å². The Morgan fingerprint density at radius 3 is 2.76 bits per heavy atom. The Kier molecular flexibility index (Phi) is 5.97. The van der Waals surface area contributed by atoms with Crippen molar-refractivity contribution in [3.63, 3.8) is 0 Å². The van der Waals surface area contributed by atoms with Crippen molar-refractivity contribution in [2.45, 2.75) is 39.7 Å². The first kappa shape index (κ1) is 14.0. The van der Waals surface area contributed by atoms with Gasteiger partial charge >= 0.3 is 0 Å². The van der Waals surface area contributed by atoms with Crippen molar-refractivity contribution in [1.29, 1.82) is 0 Å². The largest absolute Gasteiger partial charge is 0.356 e. The molecule has 5 heteroatoms. The Morgan fingerprint density at radius 1 is 1.47 bits per heavy atom. The first-order valence-electron chi connectivity index (χ1n) is 6.06. The number of nitrogens with one attached hydrogen (secondary N) is 2. The van der Waals surface area contributed by atoms with Crippen LogP contribution < -0.4 is 10.6 Å². The Bertz CT molecular complexity index is 357. The molecular formula is C12H22N4S. The molecule has 17 heavy (non-hydrogen) atoms. The van der Waals surface area contributed by atoms with Crippen molar-refractivity contribution >= 4 is 17.3 Å². The number of hydrogen-bond donors (Lipinski definition) is 2. The van der Waals surface area contributed by atoms with E-state index in [1.54, 1.807) is 18.4 Å². The number of thiazole rings is 1. The molecule has 1 heterocycles. The van der Waals surface area contributed by atoms with Crippen molar-refractivity contribution in [3.05, 3.63) is 16.1 Å². The van der Waals surface area contributed by atoms with Crippen molar-refractivity contribution in [2.24, 2.45) is 4.99 Å². The minimum atomic E-state index is 0.506. The van der Waals surface area contributed by atoms with Crippen LogP contribution in [0.5, 0.6) is 0 Å². The molecule has 0 aromatic carbocycles. The zero-order chi connectivity index (χ0) is 12.7. The van der Waals surface area contributed by atoms with Crippen LogP contribution in [0, 0.1) is 0 Å². The smallest absolute Gasteiger partial charge is 0.191 e. The van der Waals surface area contributed by atoms with E-state index in [1.165, 1.54) is 5.01 Å². The quantitative estimate of drug-likeness (QED) is 0.626. The summed E-state index contributed by atoms with van der Waals surface area (Å²) >= 11 is 1.72. The molecule has 0 amide bonds. The molecule has 2 N–H and O–H groups in total. The highest BCUT2D eigenvalue weighted by Crippen LogP contribution is 2.18. The van der Waals surface area contributed by atoms with Crippen LogP contribution in [0.15, 0.2) is 10.4 Å². The van der Waals surface area contributed by atoms with Crippen LogP contribution in [0.1, 0.15) is 43.8 Å². The topological polar surface area (TPSA) is 49.3 Å². The maximum absolute atomic E-state index is 4.57. The lowest BCUT2D eigenvalue weighted by atomic mass is 10.2. The zero-order valence-electron chi connectivity index (χ0n) is 11.1. The first-order valence-corrected chi connectivity index (χ1v) is 6.94. The maximum Gasteiger partial charge on any atom is 0.191 e. The Balaban J connectivity index is 2.43. The highest BCUT2D eigenvalue weighted by Gasteiger charge is 2.06. The molecule has 0 fully saturated rings. The number of aromatic nitrogens is 1. The Morgan fingerprint density at radius 2 is 2.24 bits per heavy atom. The fraction of sp³-hybridized carbons (Fsp3) is 0.667. The molecule has 0 aliphatic heterocycles. The van der Waals surface area contributed by atoms with E-state index in [4.69, 9.17) is 0 Å². The van der Waals surface area contributed by atoms with Gasteiger partial charge < -0.3 is 10.6 Å². The van der Waals surface area contributed by atoms with Crippen molar-refractivity contribution < 1.29 is 0 Å². The monoisotopic (exact) mass is 254 g/mol. The molecule has 4 nitrogen and oxygen atoms in total. The third-order valence-corrected chi connectivity index (χ3v) is 3.46. The second-order valence-electron chi connectivity index (χ2n) is 4.18. The molecule has 0 aliphatic carbocycles. The van der Waals surface area contributed by atoms with E-state index in [-0.39, 0.29) is 0 Å². The van der Waals surface area contributed by atoms with E-state index in [1.807, 2.05) is 0 Å². The summed E-state index contributed by atoms with van der Waals surface area (Å²) in [5.41, 5.74) is 1.08. The molecule has 0 aliphatic rings. The van der Waals surface area contributed by atoms with Crippen LogP contribution in [0.2, 0.25) is 0 Å². The van der Waals surface area contributed by atoms with Crippen molar-refractivity contribution in [2.75, 3.05) is 13.6 Å². The maximum atomic E-state index is 4.57. The molecule has 1 aromatic heterocycles. The summed E-state index contributed by atoms with van der Waals surface area (Å²) in [5, 5.41) is 9.79. The lowest BCUT2D eigenvalue weighted by Crippen LogP contribution is -2.37. The van der Waals surface area contributed by atoms with Gasteiger partial charge in [-0.2, -0.15) is 0 Å². The standard InChI is InChI=1S/C12H22N4S/c1-5-6-14-12(13-4)15-7-10-8-17-11(16-10)9(2)3/h8-9H,5-7H2,1-4H3,(H2,13,14,15). The predicted octanol–water partition coefficient (Wildman–Crippen LogP) is 2.34. The number of nitrogens with zero attached hydrogens (tertiary/aromatic N) is 2. The summed E-state index contributed by atoms with van der Waals surface area (Å²) < 4.78 is 0. The number of hydrogen-bond acceptors (Lipinski definition) is 3. The Labute approximate surface area is 108 Å². The second-order valence-corrected chi connectivity index (χ2v) is 5.07. The minimum absolute atomic E-state index is 0.506. The van der Waals surface area contributed by atoms with Gasteiger partial charge in [-0.25, -0.2) is 4.98 Å². The van der Waals surface area contributed by atoms with Crippen LogP contribution in [0.25, 0.3) is 0 Å². The van der Waals surface area contributed by atoms with Gasteiger partial charge in [-0.15, -0.1) is 11.3 Å². The summed E-state index contributed by atoms with van der Waals surface area (Å²) in [5.74, 6) is 1.34. The first-order chi connectivity index (χ1) is 8.17. The van der Waals surface area contributed by atoms with Crippen LogP contribution >= 0.6 is 11.3 Å². The van der Waals surface area contributed by atoms with Gasteiger partial charge in [0.05, 0.1) is 17.2 Å². The van der Waals surface area contributed by atoms with Gasteiger partial charge in [0.2, 0.25) is 0 Å². The number of aliphatic imine (C=N–C) groups is 1. The van der Waals surface area contributed by atoms with E-state index < -0.39 is 0 Å². The molecule has 0 spiro atoms. The van der Waals surface area contributed by atoms with Crippen LogP contribution in [-0.4, -0.2) is 24.5 Å². The molecule has 0 saturated heterocycles. The van der Waals surface area contributed by atoms with E-state index in [9.17, 15) is 0 Å². The van der Waals surface area contributed by atoms with Gasteiger partial charge in [-0.3, -0.25) is 4.99 Å². The van der Waals surface area contributed by atoms with E-state index in [0.717, 1.165) is 31.2 Å². The van der Waals surface area contributed by atoms with Crippen molar-refractivity contribution in [3.8, 4) is 0 Å². The average molecular weight is 254 g/mol. The summed E-state index contributed by atoms with van der Waals surface area (Å²) in [4.78, 5) is 8.72. The number of rotatable bonds is 5. The van der Waals surface area contributed by atoms with Gasteiger partial charge in [0.15, 0.2) is 5.96 Å². The Hall–Kier alpha value is -1.10. The van der Waals surface area contributed by atoms with E-state index in [2.05, 4.69) is 46.8 Å². The van der Waals surface area contributed by atoms with Gasteiger partial charge in [0, 0.05) is 24.9 Å². The lowest BCUT2D eigenvalue weighted by molar-refractivity contribution is 0.767. The summed E-state index contributed by atoms with van der Waals surface area (Å²) in [7, 11) is 1.78. The molecule has 1 aromatic rings. The zero-order valence-corrected chi connectivity index (χ0v) is 11.9. The molecule has 0 unspecified atom stereocenters. The minimum Gasteiger partial charge on any atom is -0.356 e. The second kappa shape index (κ2) is 7.27. The molecule has 96 valence electrons. The molecular weight excluding hydrogens is 232 g/mol. The van der Waals surface area contributed by atoms with Crippen molar-refractivity contribution in [1.82, 2.24) is 15.6 Å². The molecule has 0 radical (unpaired) electrons.